The monoisotopic (exact) mass is 354 g/mol. The van der Waals surface area contributed by atoms with Gasteiger partial charge < -0.3 is 10.1 Å². The fourth-order valence-corrected chi connectivity index (χ4v) is 3.89. The van der Waals surface area contributed by atoms with Crippen molar-refractivity contribution in [1.29, 1.82) is 0 Å². The molecule has 0 bridgehead atoms. The summed E-state index contributed by atoms with van der Waals surface area (Å²) in [5, 5.41) is 2.72. The number of esters is 1. The van der Waals surface area contributed by atoms with Gasteiger partial charge in [-0.3, -0.25) is 4.79 Å². The van der Waals surface area contributed by atoms with Gasteiger partial charge in [0.2, 0.25) is 15.9 Å². The Morgan fingerprint density at radius 1 is 1.33 bits per heavy atom. The quantitative estimate of drug-likeness (QED) is 0.809. The van der Waals surface area contributed by atoms with Crippen LogP contribution >= 0.6 is 0 Å². The zero-order valence-electron chi connectivity index (χ0n) is 13.8. The van der Waals surface area contributed by atoms with Crippen LogP contribution in [0.25, 0.3) is 0 Å². The Kier molecular flexibility index (Phi) is 5.95. The molecule has 0 spiro atoms. The second-order valence-corrected chi connectivity index (χ2v) is 7.88. The zero-order chi connectivity index (χ0) is 17.7. The molecule has 1 heterocycles. The van der Waals surface area contributed by atoms with Gasteiger partial charge in [0.15, 0.2) is 0 Å². The maximum atomic E-state index is 12.5. The predicted octanol–water partition coefficient (Wildman–Crippen LogP) is 1.47. The third-order valence-corrected chi connectivity index (χ3v) is 5.95. The van der Waals surface area contributed by atoms with E-state index < -0.39 is 21.9 Å². The van der Waals surface area contributed by atoms with E-state index in [4.69, 9.17) is 4.74 Å². The molecule has 1 aromatic rings. The number of sulfonamides is 1. The molecule has 1 N–H and O–H groups in total. The molecule has 0 aromatic heterocycles. The highest BCUT2D eigenvalue weighted by Crippen LogP contribution is 2.23. The van der Waals surface area contributed by atoms with Crippen molar-refractivity contribution < 1.29 is 22.7 Å². The number of anilines is 1. The van der Waals surface area contributed by atoms with Crippen LogP contribution in [0, 0.1) is 5.92 Å². The summed E-state index contributed by atoms with van der Waals surface area (Å²) in [7, 11) is -2.03. The van der Waals surface area contributed by atoms with Crippen molar-refractivity contribution >= 4 is 27.6 Å². The molecule has 1 fully saturated rings. The largest absolute Gasteiger partial charge is 0.465 e. The molecule has 0 aliphatic carbocycles. The minimum absolute atomic E-state index is 0.0204. The first kappa shape index (κ1) is 18.4. The molecule has 0 saturated carbocycles. The average molecular weight is 354 g/mol. The van der Waals surface area contributed by atoms with E-state index in [-0.39, 0.29) is 23.8 Å². The van der Waals surface area contributed by atoms with Crippen molar-refractivity contribution in [3.05, 3.63) is 29.8 Å². The lowest BCUT2D eigenvalue weighted by Crippen LogP contribution is -2.44. The number of rotatable bonds is 5. The van der Waals surface area contributed by atoms with Gasteiger partial charge in [0.25, 0.3) is 0 Å². The first-order valence-corrected chi connectivity index (χ1v) is 9.46. The summed E-state index contributed by atoms with van der Waals surface area (Å²) in [4.78, 5) is 24.3. The molecule has 1 aliphatic rings. The van der Waals surface area contributed by atoms with Crippen LogP contribution in [0.2, 0.25) is 0 Å². The topological polar surface area (TPSA) is 92.8 Å². The normalized spacial score (nSPS) is 18.8. The molecule has 7 nitrogen and oxygen atoms in total. The number of hydrogen-bond acceptors (Lipinski definition) is 5. The van der Waals surface area contributed by atoms with E-state index in [1.54, 1.807) is 31.2 Å². The summed E-state index contributed by atoms with van der Waals surface area (Å²) < 4.78 is 30.1. The molecule has 24 heavy (non-hydrogen) atoms. The molecule has 132 valence electrons. The Labute approximate surface area is 142 Å². The lowest BCUT2D eigenvalue weighted by Gasteiger charge is -2.31. The number of hydrogen-bond donors (Lipinski definition) is 1. The molecular formula is C16H22N2O5S. The first-order chi connectivity index (χ1) is 11.4. The van der Waals surface area contributed by atoms with Crippen molar-refractivity contribution in [2.75, 3.05) is 31.3 Å². The van der Waals surface area contributed by atoms with Crippen LogP contribution in [0.1, 0.15) is 30.1 Å². The molecular weight excluding hydrogens is 332 g/mol. The number of amides is 1. The number of benzene rings is 1. The van der Waals surface area contributed by atoms with Crippen LogP contribution in [0.5, 0.6) is 0 Å². The minimum atomic E-state index is -3.31. The second-order valence-electron chi connectivity index (χ2n) is 5.62. The zero-order valence-corrected chi connectivity index (χ0v) is 14.6. The molecule has 2 rings (SSSR count). The maximum Gasteiger partial charge on any atom is 0.339 e. The summed E-state index contributed by atoms with van der Waals surface area (Å²) in [6, 6.07) is 6.57. The summed E-state index contributed by atoms with van der Waals surface area (Å²) in [6.45, 7) is 2.20. The van der Waals surface area contributed by atoms with Gasteiger partial charge in [-0.15, -0.1) is 0 Å². The Hall–Kier alpha value is -1.93. The van der Waals surface area contributed by atoms with Crippen molar-refractivity contribution in [1.82, 2.24) is 4.31 Å². The predicted molar refractivity (Wildman–Crippen MR) is 90.2 cm³/mol. The third-order valence-electron chi connectivity index (χ3n) is 4.10. The fraction of sp³-hybridized carbons (Fsp3) is 0.500. The number of para-hydroxylation sites is 1. The number of ether oxygens (including phenoxy) is 1. The summed E-state index contributed by atoms with van der Waals surface area (Å²) >= 11 is 0. The van der Waals surface area contributed by atoms with Gasteiger partial charge in [-0.25, -0.2) is 17.5 Å². The van der Waals surface area contributed by atoms with E-state index in [0.717, 1.165) is 0 Å². The molecule has 1 unspecified atom stereocenters. The van der Waals surface area contributed by atoms with Gasteiger partial charge in [0.1, 0.15) is 0 Å². The fourth-order valence-electron chi connectivity index (χ4n) is 2.71. The lowest BCUT2D eigenvalue weighted by molar-refractivity contribution is -0.120. The van der Waals surface area contributed by atoms with E-state index >= 15 is 0 Å². The van der Waals surface area contributed by atoms with Crippen molar-refractivity contribution in [3.63, 3.8) is 0 Å². The molecule has 8 heteroatoms. The Morgan fingerprint density at radius 3 is 2.71 bits per heavy atom. The van der Waals surface area contributed by atoms with Gasteiger partial charge in [0, 0.05) is 13.1 Å². The number of carbonyl (C=O) groups excluding carboxylic acids is 2. The molecule has 1 saturated heterocycles. The van der Waals surface area contributed by atoms with Gasteiger partial charge in [0.05, 0.1) is 30.0 Å². The first-order valence-electron chi connectivity index (χ1n) is 7.85. The van der Waals surface area contributed by atoms with Gasteiger partial charge in [-0.2, -0.15) is 0 Å². The number of nitrogens with zero attached hydrogens (tertiary/aromatic N) is 1. The van der Waals surface area contributed by atoms with Gasteiger partial charge in [-0.05, 0) is 31.9 Å². The molecule has 1 aromatic carbocycles. The highest BCUT2D eigenvalue weighted by Gasteiger charge is 2.31. The maximum absolute atomic E-state index is 12.5. The average Bonchev–Trinajstić information content (AvgIpc) is 2.61. The lowest BCUT2D eigenvalue weighted by atomic mass is 9.98. The highest BCUT2D eigenvalue weighted by molar-refractivity contribution is 7.89. The summed E-state index contributed by atoms with van der Waals surface area (Å²) in [5.74, 6) is -1.25. The molecule has 0 radical (unpaired) electrons. The van der Waals surface area contributed by atoms with E-state index in [2.05, 4.69) is 5.32 Å². The Morgan fingerprint density at radius 2 is 2.04 bits per heavy atom. The third kappa shape index (κ3) is 4.12. The van der Waals surface area contributed by atoms with Crippen molar-refractivity contribution in [2.24, 2.45) is 5.92 Å². The van der Waals surface area contributed by atoms with Crippen LogP contribution in [-0.4, -0.2) is 50.6 Å². The van der Waals surface area contributed by atoms with Crippen LogP contribution in [0.3, 0.4) is 0 Å². The van der Waals surface area contributed by atoms with Crippen LogP contribution in [0.4, 0.5) is 5.69 Å². The number of piperidine rings is 1. The van der Waals surface area contributed by atoms with Gasteiger partial charge >= 0.3 is 5.97 Å². The minimum Gasteiger partial charge on any atom is -0.465 e. The van der Waals surface area contributed by atoms with Crippen LogP contribution < -0.4 is 5.32 Å². The SMILES string of the molecule is CCS(=O)(=O)N1CCCC(C(=O)Nc2ccccc2C(=O)OC)C1. The summed E-state index contributed by atoms with van der Waals surface area (Å²) in [6.07, 6.45) is 1.25. The van der Waals surface area contributed by atoms with Crippen molar-refractivity contribution in [2.45, 2.75) is 19.8 Å². The standard InChI is InChI=1S/C16H22N2O5S/c1-3-24(21,22)18-10-6-7-12(11-18)15(19)17-14-9-5-4-8-13(14)16(20)23-2/h4-5,8-9,12H,3,6-7,10-11H2,1-2H3,(H,17,19). The number of methoxy groups -OCH3 is 1. The second kappa shape index (κ2) is 7.76. The molecule has 1 aliphatic heterocycles. The van der Waals surface area contributed by atoms with E-state index in [1.807, 2.05) is 0 Å². The molecule has 1 amide bonds. The van der Waals surface area contributed by atoms with E-state index in [1.165, 1.54) is 11.4 Å². The van der Waals surface area contributed by atoms with Crippen LogP contribution in [0.15, 0.2) is 24.3 Å². The molecule has 1 atom stereocenters. The number of nitrogens with one attached hydrogen (secondary N) is 1. The smallest absolute Gasteiger partial charge is 0.339 e. The van der Waals surface area contributed by atoms with Crippen LogP contribution in [-0.2, 0) is 19.6 Å². The van der Waals surface area contributed by atoms with E-state index in [0.29, 0.717) is 25.1 Å². The van der Waals surface area contributed by atoms with Crippen molar-refractivity contribution in [3.8, 4) is 0 Å². The highest BCUT2D eigenvalue weighted by atomic mass is 32.2. The number of carbonyl (C=O) groups is 2. The Bertz CT molecular complexity index is 717. The summed E-state index contributed by atoms with van der Waals surface area (Å²) in [5.41, 5.74) is 0.631. The van der Waals surface area contributed by atoms with E-state index in [9.17, 15) is 18.0 Å². The van der Waals surface area contributed by atoms with Gasteiger partial charge in [-0.1, -0.05) is 12.1 Å². The Balaban J connectivity index is 2.12.